The Morgan fingerprint density at radius 3 is 2.58 bits per heavy atom. The first kappa shape index (κ1) is 21.5. The molecule has 5 N–H and O–H groups in total. The second kappa shape index (κ2) is 8.21. The third kappa shape index (κ3) is 3.65. The van der Waals surface area contributed by atoms with E-state index < -0.39 is 48.5 Å². The summed E-state index contributed by atoms with van der Waals surface area (Å²) < 4.78 is 27.0. The molecule has 0 radical (unpaired) electrons. The van der Waals surface area contributed by atoms with Crippen LogP contribution in [0.4, 0.5) is 0 Å². The molecule has 0 spiro atoms. The van der Waals surface area contributed by atoms with Gasteiger partial charge in [-0.05, 0) is 17.7 Å². The van der Waals surface area contributed by atoms with Gasteiger partial charge >= 0.3 is 0 Å². The van der Waals surface area contributed by atoms with Gasteiger partial charge in [0.15, 0.2) is 11.5 Å². The summed E-state index contributed by atoms with van der Waals surface area (Å²) in [5.74, 6) is 0.563. The van der Waals surface area contributed by atoms with Gasteiger partial charge in [0.05, 0.1) is 12.2 Å². The fraction of sp³-hybridized carbons (Fsp3) is 0.318. The molecule has 3 aromatic rings. The minimum Gasteiger partial charge on any atom is -0.507 e. The smallest absolute Gasteiger partial charge is 0.231 e. The molecule has 11 heteroatoms. The molecular weight excluding hydrogens is 440 g/mol. The molecule has 33 heavy (non-hydrogen) atoms. The van der Waals surface area contributed by atoms with E-state index in [2.05, 4.69) is 0 Å². The van der Waals surface area contributed by atoms with Crippen molar-refractivity contribution in [1.29, 1.82) is 0 Å². The van der Waals surface area contributed by atoms with Crippen molar-refractivity contribution >= 4 is 11.0 Å². The first-order chi connectivity index (χ1) is 15.9. The Morgan fingerprint density at radius 1 is 1.00 bits per heavy atom. The molecule has 5 atom stereocenters. The highest BCUT2D eigenvalue weighted by Crippen LogP contribution is 2.37. The van der Waals surface area contributed by atoms with Crippen molar-refractivity contribution in [1.82, 2.24) is 0 Å². The van der Waals surface area contributed by atoms with E-state index in [0.717, 1.165) is 6.07 Å². The Hall–Kier alpha value is -3.35. The highest BCUT2D eigenvalue weighted by atomic mass is 16.7. The number of ether oxygens (including phenoxy) is 4. The number of aliphatic hydroxyl groups excluding tert-OH is 4. The first-order valence-electron chi connectivity index (χ1n) is 10.0. The molecule has 0 saturated carbocycles. The van der Waals surface area contributed by atoms with E-state index in [1.54, 1.807) is 18.2 Å². The van der Waals surface area contributed by atoms with E-state index in [-0.39, 0.29) is 29.1 Å². The van der Waals surface area contributed by atoms with Gasteiger partial charge in [-0.25, -0.2) is 0 Å². The molecule has 1 aromatic heterocycles. The van der Waals surface area contributed by atoms with Crippen molar-refractivity contribution in [3.8, 4) is 34.1 Å². The van der Waals surface area contributed by atoms with Gasteiger partial charge in [0, 0.05) is 12.1 Å². The van der Waals surface area contributed by atoms with Crippen LogP contribution in [0.3, 0.4) is 0 Å². The summed E-state index contributed by atoms with van der Waals surface area (Å²) >= 11 is 0. The predicted octanol–water partition coefficient (Wildman–Crippen LogP) is 0.0730. The normalized spacial score (nSPS) is 26.5. The quantitative estimate of drug-likeness (QED) is 0.357. The Morgan fingerprint density at radius 2 is 1.79 bits per heavy atom. The van der Waals surface area contributed by atoms with Crippen molar-refractivity contribution in [2.75, 3.05) is 13.4 Å². The zero-order chi connectivity index (χ0) is 23.3. The fourth-order valence-corrected chi connectivity index (χ4v) is 3.84. The lowest BCUT2D eigenvalue weighted by Gasteiger charge is -2.39. The van der Waals surface area contributed by atoms with Gasteiger partial charge in [0.1, 0.15) is 53.1 Å². The van der Waals surface area contributed by atoms with E-state index in [9.17, 15) is 30.3 Å². The topological polar surface area (TPSA) is 168 Å². The van der Waals surface area contributed by atoms with Gasteiger partial charge in [-0.3, -0.25) is 4.79 Å². The van der Waals surface area contributed by atoms with Crippen molar-refractivity contribution < 1.29 is 48.9 Å². The summed E-state index contributed by atoms with van der Waals surface area (Å²) in [4.78, 5) is 13.1. The minimum atomic E-state index is -1.64. The molecule has 2 aliphatic rings. The zero-order valence-electron chi connectivity index (χ0n) is 17.0. The van der Waals surface area contributed by atoms with Gasteiger partial charge < -0.3 is 48.9 Å². The molecule has 0 aliphatic carbocycles. The first-order valence-corrected chi connectivity index (χ1v) is 10.0. The molecule has 11 nitrogen and oxygen atoms in total. The number of aliphatic hydroxyl groups is 4. The van der Waals surface area contributed by atoms with Crippen molar-refractivity contribution in [3.05, 3.63) is 46.8 Å². The van der Waals surface area contributed by atoms with Gasteiger partial charge in [-0.1, -0.05) is 6.07 Å². The van der Waals surface area contributed by atoms with Crippen LogP contribution >= 0.6 is 0 Å². The van der Waals surface area contributed by atoms with E-state index >= 15 is 0 Å². The molecule has 2 aliphatic heterocycles. The Balaban J connectivity index is 1.47. The van der Waals surface area contributed by atoms with Crippen molar-refractivity contribution in [2.24, 2.45) is 0 Å². The third-order valence-corrected chi connectivity index (χ3v) is 5.61. The number of phenols is 1. The van der Waals surface area contributed by atoms with Crippen LogP contribution in [0.15, 0.2) is 45.8 Å². The van der Waals surface area contributed by atoms with Crippen LogP contribution in [0.1, 0.15) is 0 Å². The molecule has 0 bridgehead atoms. The number of aromatic hydroxyl groups is 1. The predicted molar refractivity (Wildman–Crippen MR) is 110 cm³/mol. The molecule has 3 heterocycles. The van der Waals surface area contributed by atoms with E-state index in [0.29, 0.717) is 17.1 Å². The van der Waals surface area contributed by atoms with Crippen LogP contribution in [0.25, 0.3) is 22.1 Å². The number of fused-ring (bicyclic) bond motifs is 2. The number of hydrogen-bond acceptors (Lipinski definition) is 11. The molecule has 5 rings (SSSR count). The maximum Gasteiger partial charge on any atom is 0.231 e. The Kier molecular flexibility index (Phi) is 5.35. The SMILES string of the molecule is O=c1c(-c2ccc3c(c2)OCO3)coc2cc(O[C@H]3O[C@@H](CO)[C@H](O)[C@H](O)[C@@H]3O)cc(O)c12. The maximum atomic E-state index is 13.1. The summed E-state index contributed by atoms with van der Waals surface area (Å²) in [5.41, 5.74) is 0.214. The molecule has 2 aromatic carbocycles. The van der Waals surface area contributed by atoms with Crippen LogP contribution in [0.2, 0.25) is 0 Å². The van der Waals surface area contributed by atoms with Gasteiger partial charge in [-0.15, -0.1) is 0 Å². The number of phenolic OH excluding ortho intramolecular Hbond substituents is 1. The zero-order valence-corrected chi connectivity index (χ0v) is 17.0. The van der Waals surface area contributed by atoms with Crippen molar-refractivity contribution in [2.45, 2.75) is 30.7 Å². The maximum absolute atomic E-state index is 13.1. The van der Waals surface area contributed by atoms with E-state index in [4.69, 9.17) is 23.4 Å². The number of benzene rings is 2. The van der Waals surface area contributed by atoms with Crippen LogP contribution in [-0.4, -0.2) is 69.6 Å². The Bertz CT molecular complexity index is 1250. The number of hydrogen-bond donors (Lipinski definition) is 5. The lowest BCUT2D eigenvalue weighted by Crippen LogP contribution is -2.60. The molecule has 0 unspecified atom stereocenters. The van der Waals surface area contributed by atoms with Crippen LogP contribution < -0.4 is 19.6 Å². The highest BCUT2D eigenvalue weighted by molar-refractivity contribution is 5.88. The minimum absolute atomic E-state index is 0.00378. The van der Waals surface area contributed by atoms with Crippen LogP contribution in [0.5, 0.6) is 23.0 Å². The second-order valence-electron chi connectivity index (χ2n) is 7.68. The molecule has 0 amide bonds. The summed E-state index contributed by atoms with van der Waals surface area (Å²) in [5, 5.41) is 49.7. The molecule has 1 saturated heterocycles. The van der Waals surface area contributed by atoms with Crippen molar-refractivity contribution in [3.63, 3.8) is 0 Å². The highest BCUT2D eigenvalue weighted by Gasteiger charge is 2.44. The van der Waals surface area contributed by atoms with Gasteiger partial charge in [0.25, 0.3) is 0 Å². The summed E-state index contributed by atoms with van der Waals surface area (Å²) in [7, 11) is 0. The summed E-state index contributed by atoms with van der Waals surface area (Å²) in [6.07, 6.45) is -6.19. The Labute approximate surface area is 185 Å². The standard InChI is InChI=1S/C22H20O11/c23-6-16-19(26)20(27)21(28)22(33-16)32-10-4-12(24)17-15(5-10)29-7-11(18(17)25)9-1-2-13-14(3-9)31-8-30-13/h1-5,7,16,19-24,26-28H,6,8H2/t16-,19-,20-,21-,22-/m0/s1. The third-order valence-electron chi connectivity index (χ3n) is 5.61. The molecule has 174 valence electrons. The van der Waals surface area contributed by atoms with Crippen LogP contribution in [0, 0.1) is 0 Å². The van der Waals surface area contributed by atoms with E-state index in [1.807, 2.05) is 0 Å². The fourth-order valence-electron chi connectivity index (χ4n) is 3.84. The lowest BCUT2D eigenvalue weighted by atomic mass is 9.99. The second-order valence-corrected chi connectivity index (χ2v) is 7.68. The monoisotopic (exact) mass is 460 g/mol. The summed E-state index contributed by atoms with van der Waals surface area (Å²) in [6, 6.07) is 7.40. The van der Waals surface area contributed by atoms with Crippen LogP contribution in [-0.2, 0) is 4.74 Å². The van der Waals surface area contributed by atoms with Gasteiger partial charge in [-0.2, -0.15) is 0 Å². The summed E-state index contributed by atoms with van der Waals surface area (Å²) in [6.45, 7) is -0.533. The largest absolute Gasteiger partial charge is 0.507 e. The van der Waals surface area contributed by atoms with E-state index in [1.165, 1.54) is 12.3 Å². The average Bonchev–Trinajstić information content (AvgIpc) is 3.27. The number of rotatable bonds is 4. The molecule has 1 fully saturated rings. The molecular formula is C22H20O11. The average molecular weight is 460 g/mol. The van der Waals surface area contributed by atoms with Gasteiger partial charge in [0.2, 0.25) is 18.5 Å². The lowest BCUT2D eigenvalue weighted by molar-refractivity contribution is -0.277.